The Bertz CT molecular complexity index is 309. The Morgan fingerprint density at radius 3 is 2.40 bits per heavy atom. The number of carbonyl (C=O) groups is 1. The Balaban J connectivity index is 2.70. The van der Waals surface area contributed by atoms with Crippen LogP contribution in [-0.4, -0.2) is 17.6 Å². The second-order valence-corrected chi connectivity index (χ2v) is 3.91. The zero-order valence-corrected chi connectivity index (χ0v) is 9.10. The normalized spacial score (nSPS) is 12.7. The molecule has 82 valence electrons. The summed E-state index contributed by atoms with van der Waals surface area (Å²) in [4.78, 5) is 10.5. The zero-order valence-electron chi connectivity index (χ0n) is 9.10. The minimum absolute atomic E-state index is 0.00224. The minimum atomic E-state index is -0.823. The molecule has 15 heavy (non-hydrogen) atoms. The van der Waals surface area contributed by atoms with E-state index in [1.54, 1.807) is 0 Å². The molecule has 0 aliphatic heterocycles. The Morgan fingerprint density at radius 1 is 1.33 bits per heavy atom. The van der Waals surface area contributed by atoms with Crippen molar-refractivity contribution in [3.63, 3.8) is 0 Å². The van der Waals surface area contributed by atoms with Crippen LogP contribution >= 0.6 is 0 Å². The highest BCUT2D eigenvalue weighted by Crippen LogP contribution is 2.20. The summed E-state index contributed by atoms with van der Waals surface area (Å²) in [6.45, 7) is 4.15. The highest BCUT2D eigenvalue weighted by atomic mass is 16.4. The third-order valence-corrected chi connectivity index (χ3v) is 2.30. The SMILES string of the molecule is CC(C)C(NCC(=O)O)c1ccccc1. The van der Waals surface area contributed by atoms with Gasteiger partial charge in [0.05, 0.1) is 6.54 Å². The van der Waals surface area contributed by atoms with E-state index in [1.807, 2.05) is 30.3 Å². The Hall–Kier alpha value is -1.35. The van der Waals surface area contributed by atoms with Gasteiger partial charge in [-0.2, -0.15) is 0 Å². The molecule has 1 aromatic rings. The average molecular weight is 207 g/mol. The smallest absolute Gasteiger partial charge is 0.317 e. The van der Waals surface area contributed by atoms with Crippen molar-refractivity contribution < 1.29 is 9.90 Å². The molecule has 0 aliphatic rings. The van der Waals surface area contributed by atoms with E-state index >= 15 is 0 Å². The molecule has 3 nitrogen and oxygen atoms in total. The minimum Gasteiger partial charge on any atom is -0.480 e. The third-order valence-electron chi connectivity index (χ3n) is 2.30. The van der Waals surface area contributed by atoms with Crippen LogP contribution in [-0.2, 0) is 4.79 Å². The molecule has 0 saturated carbocycles. The Labute approximate surface area is 90.1 Å². The molecule has 0 amide bonds. The van der Waals surface area contributed by atoms with Gasteiger partial charge in [-0.1, -0.05) is 44.2 Å². The number of rotatable bonds is 5. The molecule has 0 spiro atoms. The maximum atomic E-state index is 10.5. The van der Waals surface area contributed by atoms with Crippen LogP contribution in [0.4, 0.5) is 0 Å². The zero-order chi connectivity index (χ0) is 11.3. The van der Waals surface area contributed by atoms with Crippen LogP contribution in [0.3, 0.4) is 0 Å². The van der Waals surface area contributed by atoms with Gasteiger partial charge in [0.15, 0.2) is 0 Å². The van der Waals surface area contributed by atoms with E-state index in [1.165, 1.54) is 0 Å². The number of carboxylic acids is 1. The lowest BCUT2D eigenvalue weighted by Gasteiger charge is -2.21. The van der Waals surface area contributed by atoms with Crippen LogP contribution in [0.2, 0.25) is 0 Å². The molecule has 0 aromatic heterocycles. The van der Waals surface area contributed by atoms with Gasteiger partial charge >= 0.3 is 5.97 Å². The first-order chi connectivity index (χ1) is 7.11. The molecule has 0 aliphatic carbocycles. The van der Waals surface area contributed by atoms with Crippen LogP contribution < -0.4 is 5.32 Å². The summed E-state index contributed by atoms with van der Waals surface area (Å²) in [5, 5.41) is 11.7. The number of aliphatic carboxylic acids is 1. The fourth-order valence-corrected chi connectivity index (χ4v) is 1.60. The number of benzene rings is 1. The van der Waals surface area contributed by atoms with Gasteiger partial charge < -0.3 is 5.11 Å². The Kier molecular flexibility index (Phi) is 4.31. The van der Waals surface area contributed by atoms with Gasteiger partial charge in [-0.15, -0.1) is 0 Å². The second-order valence-electron chi connectivity index (χ2n) is 3.91. The van der Waals surface area contributed by atoms with E-state index in [0.717, 1.165) is 5.56 Å². The average Bonchev–Trinajstić information content (AvgIpc) is 2.18. The number of hydrogen-bond donors (Lipinski definition) is 2. The molecule has 1 unspecified atom stereocenters. The summed E-state index contributed by atoms with van der Waals surface area (Å²) >= 11 is 0. The van der Waals surface area contributed by atoms with E-state index in [2.05, 4.69) is 19.2 Å². The lowest BCUT2D eigenvalue weighted by atomic mass is 9.96. The molecule has 1 aromatic carbocycles. The van der Waals surface area contributed by atoms with Crippen molar-refractivity contribution in [1.82, 2.24) is 5.32 Å². The van der Waals surface area contributed by atoms with Gasteiger partial charge in [-0.05, 0) is 11.5 Å². The maximum absolute atomic E-state index is 10.5. The molecule has 0 fully saturated rings. The highest BCUT2D eigenvalue weighted by Gasteiger charge is 2.15. The molecule has 0 radical (unpaired) electrons. The van der Waals surface area contributed by atoms with Crippen molar-refractivity contribution in [3.8, 4) is 0 Å². The first-order valence-corrected chi connectivity index (χ1v) is 5.11. The lowest BCUT2D eigenvalue weighted by molar-refractivity contribution is -0.136. The number of carboxylic acid groups (broad SMARTS) is 1. The number of nitrogens with one attached hydrogen (secondary N) is 1. The van der Waals surface area contributed by atoms with E-state index < -0.39 is 5.97 Å². The van der Waals surface area contributed by atoms with E-state index in [0.29, 0.717) is 5.92 Å². The van der Waals surface area contributed by atoms with Gasteiger partial charge in [-0.3, -0.25) is 10.1 Å². The van der Waals surface area contributed by atoms with E-state index in [9.17, 15) is 4.79 Å². The van der Waals surface area contributed by atoms with E-state index in [-0.39, 0.29) is 12.6 Å². The standard InChI is InChI=1S/C12H17NO2/c1-9(2)12(13-8-11(14)15)10-6-4-3-5-7-10/h3-7,9,12-13H,8H2,1-2H3,(H,14,15). The molecule has 1 rings (SSSR count). The van der Waals surface area contributed by atoms with Crippen molar-refractivity contribution in [2.45, 2.75) is 19.9 Å². The van der Waals surface area contributed by atoms with Crippen LogP contribution in [0, 0.1) is 5.92 Å². The fourth-order valence-electron chi connectivity index (χ4n) is 1.60. The molecule has 0 heterocycles. The lowest BCUT2D eigenvalue weighted by Crippen LogP contribution is -2.30. The fraction of sp³-hybridized carbons (Fsp3) is 0.417. The quantitative estimate of drug-likeness (QED) is 0.777. The monoisotopic (exact) mass is 207 g/mol. The van der Waals surface area contributed by atoms with Gasteiger partial charge in [0.25, 0.3) is 0 Å². The molecular formula is C12H17NO2. The first-order valence-electron chi connectivity index (χ1n) is 5.11. The van der Waals surface area contributed by atoms with Crippen LogP contribution in [0.15, 0.2) is 30.3 Å². The summed E-state index contributed by atoms with van der Waals surface area (Å²) in [6, 6.07) is 10.0. The molecule has 0 saturated heterocycles. The van der Waals surface area contributed by atoms with Crippen LogP contribution in [0.25, 0.3) is 0 Å². The van der Waals surface area contributed by atoms with Crippen molar-refractivity contribution >= 4 is 5.97 Å². The maximum Gasteiger partial charge on any atom is 0.317 e. The molecular weight excluding hydrogens is 190 g/mol. The topological polar surface area (TPSA) is 49.3 Å². The van der Waals surface area contributed by atoms with Crippen molar-refractivity contribution in [2.75, 3.05) is 6.54 Å². The van der Waals surface area contributed by atoms with Crippen molar-refractivity contribution in [2.24, 2.45) is 5.92 Å². The summed E-state index contributed by atoms with van der Waals surface area (Å²) in [5.74, 6) is -0.455. The first kappa shape index (κ1) is 11.7. The number of hydrogen-bond acceptors (Lipinski definition) is 2. The highest BCUT2D eigenvalue weighted by molar-refractivity contribution is 5.69. The molecule has 3 heteroatoms. The molecule has 1 atom stereocenters. The summed E-state index contributed by atoms with van der Waals surface area (Å²) in [5.41, 5.74) is 1.13. The summed E-state index contributed by atoms with van der Waals surface area (Å²) < 4.78 is 0. The van der Waals surface area contributed by atoms with Crippen molar-refractivity contribution in [1.29, 1.82) is 0 Å². The predicted octanol–water partition coefficient (Wildman–Crippen LogP) is 2.06. The summed E-state index contributed by atoms with van der Waals surface area (Å²) in [6.07, 6.45) is 0. The van der Waals surface area contributed by atoms with Gasteiger partial charge in [0.2, 0.25) is 0 Å². The van der Waals surface area contributed by atoms with Gasteiger partial charge in [0, 0.05) is 6.04 Å². The largest absolute Gasteiger partial charge is 0.480 e. The van der Waals surface area contributed by atoms with Crippen molar-refractivity contribution in [3.05, 3.63) is 35.9 Å². The van der Waals surface area contributed by atoms with Crippen LogP contribution in [0.5, 0.6) is 0 Å². The third kappa shape index (κ3) is 3.72. The second kappa shape index (κ2) is 5.51. The van der Waals surface area contributed by atoms with Gasteiger partial charge in [-0.25, -0.2) is 0 Å². The summed E-state index contributed by atoms with van der Waals surface area (Å²) in [7, 11) is 0. The molecule has 0 bridgehead atoms. The van der Waals surface area contributed by atoms with Crippen LogP contribution in [0.1, 0.15) is 25.5 Å². The Morgan fingerprint density at radius 2 is 1.93 bits per heavy atom. The van der Waals surface area contributed by atoms with E-state index in [4.69, 9.17) is 5.11 Å². The molecule has 2 N–H and O–H groups in total. The predicted molar refractivity (Wildman–Crippen MR) is 59.7 cm³/mol. The van der Waals surface area contributed by atoms with Gasteiger partial charge in [0.1, 0.15) is 0 Å².